The Bertz CT molecular complexity index is 767. The monoisotopic (exact) mass is 357 g/mol. The molecule has 2 heterocycles. The van der Waals surface area contributed by atoms with Crippen LogP contribution in [0.3, 0.4) is 0 Å². The van der Waals surface area contributed by atoms with Gasteiger partial charge in [0.05, 0.1) is 6.04 Å². The summed E-state index contributed by atoms with van der Waals surface area (Å²) in [4.78, 5) is 15.0. The largest absolute Gasteiger partial charge is 0.347 e. The second-order valence-electron chi connectivity index (χ2n) is 7.25. The topological polar surface area (TPSA) is 58.4 Å². The van der Waals surface area contributed by atoms with Crippen LogP contribution in [0, 0.1) is 5.41 Å². The van der Waals surface area contributed by atoms with E-state index in [4.69, 9.17) is 5.73 Å². The lowest BCUT2D eigenvalue weighted by Crippen LogP contribution is -2.47. The van der Waals surface area contributed by atoms with E-state index in [0.29, 0.717) is 0 Å². The molecule has 2 aliphatic heterocycles. The van der Waals surface area contributed by atoms with Crippen molar-refractivity contribution in [3.8, 4) is 0 Å². The molecular formula is C20H24ClN3O. The van der Waals surface area contributed by atoms with Crippen LogP contribution in [-0.2, 0) is 6.54 Å². The fourth-order valence-corrected chi connectivity index (χ4v) is 4.18. The van der Waals surface area contributed by atoms with Gasteiger partial charge in [0, 0.05) is 36.7 Å². The van der Waals surface area contributed by atoms with Crippen LogP contribution in [0.15, 0.2) is 54.6 Å². The van der Waals surface area contributed by atoms with Crippen LogP contribution in [0.25, 0.3) is 0 Å². The zero-order chi connectivity index (χ0) is 16.7. The number of nitrogens with one attached hydrogen (secondary N) is 1. The average Bonchev–Trinajstić information content (AvgIpc) is 2.88. The lowest BCUT2D eigenvalue weighted by atomic mass is 9.75. The van der Waals surface area contributed by atoms with Crippen LogP contribution in [-0.4, -0.2) is 29.9 Å². The molecule has 2 aliphatic rings. The van der Waals surface area contributed by atoms with Crippen molar-refractivity contribution in [2.45, 2.75) is 25.6 Å². The highest BCUT2D eigenvalue weighted by Crippen LogP contribution is 2.43. The van der Waals surface area contributed by atoms with Gasteiger partial charge in [-0.25, -0.2) is 0 Å². The number of carbonyl (C=O) groups excluding carboxylic acids is 1. The van der Waals surface area contributed by atoms with Crippen LogP contribution >= 0.6 is 12.4 Å². The molecule has 132 valence electrons. The predicted octanol–water partition coefficient (Wildman–Crippen LogP) is 2.74. The molecule has 4 nitrogen and oxygen atoms in total. The summed E-state index contributed by atoms with van der Waals surface area (Å²) >= 11 is 0. The van der Waals surface area contributed by atoms with Crippen molar-refractivity contribution in [2.24, 2.45) is 11.1 Å². The number of rotatable bonds is 2. The molecule has 0 aromatic heterocycles. The van der Waals surface area contributed by atoms with Crippen molar-refractivity contribution >= 4 is 18.3 Å². The predicted molar refractivity (Wildman–Crippen MR) is 102 cm³/mol. The van der Waals surface area contributed by atoms with E-state index in [0.717, 1.165) is 30.8 Å². The molecule has 2 aromatic carbocycles. The minimum Gasteiger partial charge on any atom is -0.347 e. The summed E-state index contributed by atoms with van der Waals surface area (Å²) in [5.41, 5.74) is 9.46. The van der Waals surface area contributed by atoms with E-state index in [1.54, 1.807) is 0 Å². The molecule has 2 aromatic rings. The quantitative estimate of drug-likeness (QED) is 0.868. The van der Waals surface area contributed by atoms with Gasteiger partial charge in [-0.15, -0.1) is 12.4 Å². The van der Waals surface area contributed by atoms with Crippen LogP contribution < -0.4 is 11.1 Å². The van der Waals surface area contributed by atoms with Gasteiger partial charge in [0.25, 0.3) is 5.91 Å². The molecule has 3 unspecified atom stereocenters. The maximum absolute atomic E-state index is 12.6. The Morgan fingerprint density at radius 1 is 1.16 bits per heavy atom. The number of hydrogen-bond donors (Lipinski definition) is 2. The number of hydrogen-bond acceptors (Lipinski definition) is 3. The summed E-state index contributed by atoms with van der Waals surface area (Å²) in [6.07, 6.45) is 0. The fraction of sp³-hybridized carbons (Fsp3) is 0.350. The first-order valence-corrected chi connectivity index (χ1v) is 8.49. The van der Waals surface area contributed by atoms with E-state index < -0.39 is 0 Å². The molecule has 1 amide bonds. The number of nitrogens with two attached hydrogens (primary N) is 1. The summed E-state index contributed by atoms with van der Waals surface area (Å²) in [6, 6.07) is 18.1. The van der Waals surface area contributed by atoms with E-state index in [1.807, 2.05) is 30.3 Å². The van der Waals surface area contributed by atoms with E-state index >= 15 is 0 Å². The molecule has 25 heavy (non-hydrogen) atoms. The fourth-order valence-electron chi connectivity index (χ4n) is 4.18. The maximum Gasteiger partial charge on any atom is 0.251 e. The van der Waals surface area contributed by atoms with Gasteiger partial charge in [-0.1, -0.05) is 55.5 Å². The number of fused-ring (bicyclic) bond motifs is 2. The SMILES string of the molecule is CC12CN(Cc3ccccc3)CC1NC(=O)c1ccccc1C2N.Cl. The van der Waals surface area contributed by atoms with Crippen molar-refractivity contribution < 1.29 is 4.79 Å². The molecule has 4 rings (SSSR count). The molecule has 3 N–H and O–H groups in total. The van der Waals surface area contributed by atoms with E-state index in [1.165, 1.54) is 5.56 Å². The normalized spacial score (nSPS) is 28.3. The standard InChI is InChI=1S/C20H23N3O.ClH/c1-20-13-23(11-14-7-3-2-4-8-14)12-17(20)22-19(24)16-10-6-5-9-15(16)18(20)21;/h2-10,17-18H,11-13,21H2,1H3,(H,22,24);1H. The van der Waals surface area contributed by atoms with E-state index in [9.17, 15) is 4.79 Å². The number of carbonyl (C=O) groups is 1. The highest BCUT2D eigenvalue weighted by molar-refractivity contribution is 5.96. The lowest BCUT2D eigenvalue weighted by Gasteiger charge is -2.35. The van der Waals surface area contributed by atoms with Crippen molar-refractivity contribution in [2.75, 3.05) is 13.1 Å². The van der Waals surface area contributed by atoms with Crippen molar-refractivity contribution in [3.05, 3.63) is 71.3 Å². The third-order valence-electron chi connectivity index (χ3n) is 5.61. The first-order valence-electron chi connectivity index (χ1n) is 8.49. The average molecular weight is 358 g/mol. The zero-order valence-corrected chi connectivity index (χ0v) is 15.1. The van der Waals surface area contributed by atoms with Crippen LogP contribution in [0.2, 0.25) is 0 Å². The van der Waals surface area contributed by atoms with Gasteiger partial charge < -0.3 is 11.1 Å². The summed E-state index contributed by atoms with van der Waals surface area (Å²) in [6.45, 7) is 4.80. The van der Waals surface area contributed by atoms with Gasteiger partial charge in [-0.2, -0.15) is 0 Å². The first-order chi connectivity index (χ1) is 11.6. The van der Waals surface area contributed by atoms with Crippen molar-refractivity contribution in [3.63, 3.8) is 0 Å². The third-order valence-corrected chi connectivity index (χ3v) is 5.61. The Morgan fingerprint density at radius 2 is 1.84 bits per heavy atom. The molecule has 1 saturated heterocycles. The summed E-state index contributed by atoms with van der Waals surface area (Å²) in [5, 5.41) is 3.22. The Labute approximate surface area is 154 Å². The highest BCUT2D eigenvalue weighted by atomic mass is 35.5. The number of amides is 1. The lowest BCUT2D eigenvalue weighted by molar-refractivity contribution is 0.0918. The van der Waals surface area contributed by atoms with E-state index in [2.05, 4.69) is 41.4 Å². The molecule has 1 fully saturated rings. The molecule has 0 saturated carbocycles. The van der Waals surface area contributed by atoms with Gasteiger partial charge in [0.15, 0.2) is 0 Å². The molecule has 5 heteroatoms. The van der Waals surface area contributed by atoms with Gasteiger partial charge >= 0.3 is 0 Å². The number of nitrogens with zero attached hydrogens (tertiary/aromatic N) is 1. The number of halogens is 1. The second kappa shape index (κ2) is 6.79. The van der Waals surface area contributed by atoms with Crippen LogP contribution in [0.5, 0.6) is 0 Å². The molecule has 0 spiro atoms. The van der Waals surface area contributed by atoms with Crippen molar-refractivity contribution in [1.82, 2.24) is 10.2 Å². The van der Waals surface area contributed by atoms with Gasteiger partial charge in [-0.05, 0) is 17.2 Å². The van der Waals surface area contributed by atoms with Gasteiger partial charge in [0.2, 0.25) is 0 Å². The second-order valence-corrected chi connectivity index (χ2v) is 7.25. The first kappa shape index (κ1) is 17.9. The maximum atomic E-state index is 12.6. The Morgan fingerprint density at radius 3 is 2.60 bits per heavy atom. The molecule has 0 radical (unpaired) electrons. The Kier molecular flexibility index (Phi) is 4.87. The molecule has 0 aliphatic carbocycles. The minimum absolute atomic E-state index is 0. The van der Waals surface area contributed by atoms with E-state index in [-0.39, 0.29) is 35.8 Å². The smallest absolute Gasteiger partial charge is 0.251 e. The zero-order valence-electron chi connectivity index (χ0n) is 14.3. The Balaban J connectivity index is 0.00000182. The third kappa shape index (κ3) is 3.06. The van der Waals surface area contributed by atoms with Crippen LogP contribution in [0.1, 0.15) is 34.5 Å². The summed E-state index contributed by atoms with van der Waals surface area (Å²) < 4.78 is 0. The van der Waals surface area contributed by atoms with Crippen LogP contribution in [0.4, 0.5) is 0 Å². The number of benzene rings is 2. The van der Waals surface area contributed by atoms with Crippen molar-refractivity contribution in [1.29, 1.82) is 0 Å². The minimum atomic E-state index is -0.170. The number of likely N-dealkylation sites (tertiary alicyclic amines) is 1. The molecule has 0 bridgehead atoms. The van der Waals surface area contributed by atoms with Gasteiger partial charge in [-0.3, -0.25) is 9.69 Å². The Hall–Kier alpha value is -1.88. The summed E-state index contributed by atoms with van der Waals surface area (Å²) in [5.74, 6) is -0.00339. The van der Waals surface area contributed by atoms with Gasteiger partial charge in [0.1, 0.15) is 0 Å². The summed E-state index contributed by atoms with van der Waals surface area (Å²) in [7, 11) is 0. The molecular weight excluding hydrogens is 334 g/mol. The molecule has 3 atom stereocenters. The highest BCUT2D eigenvalue weighted by Gasteiger charge is 2.50.